The van der Waals surface area contributed by atoms with E-state index in [-0.39, 0.29) is 5.91 Å². The highest BCUT2D eigenvalue weighted by molar-refractivity contribution is 6.01. The van der Waals surface area contributed by atoms with Crippen LogP contribution in [-0.2, 0) is 4.79 Å². The molecule has 37 heavy (non-hydrogen) atoms. The quantitative estimate of drug-likeness (QED) is 0.243. The maximum atomic E-state index is 12.2. The van der Waals surface area contributed by atoms with E-state index < -0.39 is 0 Å². The van der Waals surface area contributed by atoms with Crippen LogP contribution in [0.5, 0.6) is 0 Å². The summed E-state index contributed by atoms with van der Waals surface area (Å²) in [6.07, 6.45) is 11.5. The molecule has 8 heteroatoms. The Labute approximate surface area is 213 Å². The molecule has 8 nitrogen and oxygen atoms in total. The van der Waals surface area contributed by atoms with Crippen LogP contribution in [0.15, 0.2) is 79.5 Å². The zero-order chi connectivity index (χ0) is 25.2. The SMILES string of the molecule is CCCCC(=O)Nc1cccc(-c2cc3c(-c4cc5c(-c6cccnc6)cncc5[nH]4)n[nH]c3cn2)c1. The molecule has 182 valence electrons. The Kier molecular flexibility index (Phi) is 5.90. The number of anilines is 1. The number of hydrogen-bond donors (Lipinski definition) is 3. The zero-order valence-electron chi connectivity index (χ0n) is 20.3. The van der Waals surface area contributed by atoms with Gasteiger partial charge in [0.25, 0.3) is 0 Å². The third-order valence-electron chi connectivity index (χ3n) is 6.42. The van der Waals surface area contributed by atoms with E-state index in [9.17, 15) is 4.79 Å². The van der Waals surface area contributed by atoms with Crippen molar-refractivity contribution in [2.75, 3.05) is 5.32 Å². The Morgan fingerprint density at radius 2 is 1.84 bits per heavy atom. The maximum Gasteiger partial charge on any atom is 0.224 e. The summed E-state index contributed by atoms with van der Waals surface area (Å²) in [5, 5.41) is 12.7. The van der Waals surface area contributed by atoms with E-state index in [1.54, 1.807) is 12.4 Å². The topological polar surface area (TPSA) is 112 Å². The van der Waals surface area contributed by atoms with Crippen molar-refractivity contribution in [1.82, 2.24) is 30.1 Å². The molecular weight excluding hydrogens is 462 g/mol. The molecule has 0 atom stereocenters. The summed E-state index contributed by atoms with van der Waals surface area (Å²) in [7, 11) is 0. The molecule has 0 saturated heterocycles. The first-order valence-corrected chi connectivity index (χ1v) is 12.3. The van der Waals surface area contributed by atoms with Gasteiger partial charge in [-0.15, -0.1) is 0 Å². The van der Waals surface area contributed by atoms with Gasteiger partial charge in [0.05, 0.1) is 34.8 Å². The second kappa shape index (κ2) is 9.66. The van der Waals surface area contributed by atoms with Crippen molar-refractivity contribution in [3.8, 4) is 33.8 Å². The fourth-order valence-corrected chi connectivity index (χ4v) is 4.53. The monoisotopic (exact) mass is 487 g/mol. The van der Waals surface area contributed by atoms with Gasteiger partial charge in [0, 0.05) is 58.2 Å². The normalized spacial score (nSPS) is 11.3. The lowest BCUT2D eigenvalue weighted by atomic mass is 10.1. The fraction of sp³-hybridized carbons (Fsp3) is 0.138. The van der Waals surface area contributed by atoms with Crippen LogP contribution in [0.2, 0.25) is 0 Å². The summed E-state index contributed by atoms with van der Waals surface area (Å²) < 4.78 is 0. The number of carbonyl (C=O) groups is 1. The molecule has 0 radical (unpaired) electrons. The average molecular weight is 488 g/mol. The standard InChI is InChI=1S/C29H25N7O/c1-2-3-9-28(37)33-20-8-4-6-18(11-20)24-13-22-27(17-32-24)35-36-29(22)25-12-21-23(15-31-16-26(21)34-25)19-7-5-10-30-14-19/h4-8,10-17,34H,2-3,9H2,1H3,(H,33,37)(H,35,36). The van der Waals surface area contributed by atoms with Gasteiger partial charge in [0.2, 0.25) is 5.91 Å². The Morgan fingerprint density at radius 1 is 0.919 bits per heavy atom. The Bertz CT molecular complexity index is 1720. The van der Waals surface area contributed by atoms with Crippen molar-refractivity contribution in [1.29, 1.82) is 0 Å². The molecular formula is C29H25N7O. The molecule has 0 spiro atoms. The van der Waals surface area contributed by atoms with E-state index in [0.29, 0.717) is 6.42 Å². The molecule has 0 aliphatic rings. The van der Waals surface area contributed by atoms with Crippen LogP contribution in [0.3, 0.4) is 0 Å². The smallest absolute Gasteiger partial charge is 0.224 e. The molecule has 5 aromatic heterocycles. The molecule has 1 amide bonds. The third-order valence-corrected chi connectivity index (χ3v) is 6.42. The number of aromatic amines is 2. The van der Waals surface area contributed by atoms with Crippen LogP contribution in [0.25, 0.3) is 55.6 Å². The maximum absolute atomic E-state index is 12.2. The number of nitrogens with zero attached hydrogens (tertiary/aromatic N) is 4. The number of benzene rings is 1. The molecule has 6 rings (SSSR count). The molecule has 1 aromatic carbocycles. The second-order valence-electron chi connectivity index (χ2n) is 8.99. The summed E-state index contributed by atoms with van der Waals surface area (Å²) in [6, 6.07) is 15.8. The van der Waals surface area contributed by atoms with Crippen molar-refractivity contribution >= 4 is 33.4 Å². The van der Waals surface area contributed by atoms with E-state index in [1.165, 1.54) is 0 Å². The molecule has 6 aromatic rings. The Hall–Kier alpha value is -4.85. The number of aromatic nitrogens is 6. The van der Waals surface area contributed by atoms with Gasteiger partial charge in [0.15, 0.2) is 0 Å². The number of hydrogen-bond acceptors (Lipinski definition) is 5. The van der Waals surface area contributed by atoms with Gasteiger partial charge in [-0.1, -0.05) is 31.5 Å². The number of nitrogens with one attached hydrogen (secondary N) is 3. The lowest BCUT2D eigenvalue weighted by molar-refractivity contribution is -0.116. The molecule has 3 N–H and O–H groups in total. The minimum Gasteiger partial charge on any atom is -0.352 e. The molecule has 0 unspecified atom stereocenters. The van der Waals surface area contributed by atoms with Crippen LogP contribution in [-0.4, -0.2) is 36.0 Å². The number of pyridine rings is 3. The van der Waals surface area contributed by atoms with Crippen molar-refractivity contribution < 1.29 is 4.79 Å². The van der Waals surface area contributed by atoms with Crippen LogP contribution < -0.4 is 5.32 Å². The van der Waals surface area contributed by atoms with Gasteiger partial charge >= 0.3 is 0 Å². The first kappa shape index (κ1) is 22.6. The minimum absolute atomic E-state index is 0.0264. The lowest BCUT2D eigenvalue weighted by Gasteiger charge is -2.07. The Morgan fingerprint density at radius 3 is 2.70 bits per heavy atom. The highest BCUT2D eigenvalue weighted by Crippen LogP contribution is 2.34. The van der Waals surface area contributed by atoms with Gasteiger partial charge in [-0.3, -0.25) is 24.8 Å². The van der Waals surface area contributed by atoms with Crippen LogP contribution in [0, 0.1) is 0 Å². The van der Waals surface area contributed by atoms with Crippen LogP contribution in [0.4, 0.5) is 5.69 Å². The molecule has 0 fully saturated rings. The van der Waals surface area contributed by atoms with Crippen molar-refractivity contribution in [2.45, 2.75) is 26.2 Å². The summed E-state index contributed by atoms with van der Waals surface area (Å²) >= 11 is 0. The predicted molar refractivity (Wildman–Crippen MR) is 146 cm³/mol. The van der Waals surface area contributed by atoms with Crippen LogP contribution >= 0.6 is 0 Å². The lowest BCUT2D eigenvalue weighted by Crippen LogP contribution is -2.10. The number of H-pyrrole nitrogens is 2. The molecule has 0 aliphatic heterocycles. The number of rotatable bonds is 7. The number of fused-ring (bicyclic) bond motifs is 2. The summed E-state index contributed by atoms with van der Waals surface area (Å²) in [5.74, 6) is 0.0264. The molecule has 0 saturated carbocycles. The zero-order valence-corrected chi connectivity index (χ0v) is 20.3. The summed E-state index contributed by atoms with van der Waals surface area (Å²) in [6.45, 7) is 2.08. The Balaban J connectivity index is 1.37. The van der Waals surface area contributed by atoms with E-state index in [1.807, 2.05) is 61.1 Å². The van der Waals surface area contributed by atoms with Crippen LogP contribution in [0.1, 0.15) is 26.2 Å². The fourth-order valence-electron chi connectivity index (χ4n) is 4.53. The minimum atomic E-state index is 0.0264. The summed E-state index contributed by atoms with van der Waals surface area (Å²) in [4.78, 5) is 29.0. The van der Waals surface area contributed by atoms with E-state index in [0.717, 1.165) is 74.1 Å². The van der Waals surface area contributed by atoms with E-state index >= 15 is 0 Å². The first-order chi connectivity index (χ1) is 18.2. The highest BCUT2D eigenvalue weighted by atomic mass is 16.1. The van der Waals surface area contributed by atoms with Crippen molar-refractivity contribution in [3.05, 3.63) is 79.5 Å². The van der Waals surface area contributed by atoms with Gasteiger partial charge in [-0.25, -0.2) is 0 Å². The van der Waals surface area contributed by atoms with Gasteiger partial charge < -0.3 is 10.3 Å². The number of amides is 1. The molecule has 5 heterocycles. The van der Waals surface area contributed by atoms with E-state index in [2.05, 4.69) is 48.4 Å². The highest BCUT2D eigenvalue weighted by Gasteiger charge is 2.15. The third kappa shape index (κ3) is 4.45. The van der Waals surface area contributed by atoms with E-state index in [4.69, 9.17) is 0 Å². The average Bonchev–Trinajstić information content (AvgIpc) is 3.56. The predicted octanol–water partition coefficient (Wildman–Crippen LogP) is 6.36. The number of carbonyl (C=O) groups excluding carboxylic acids is 1. The summed E-state index contributed by atoms with van der Waals surface area (Å²) in [5.41, 5.74) is 7.94. The second-order valence-corrected chi connectivity index (χ2v) is 8.99. The largest absolute Gasteiger partial charge is 0.352 e. The van der Waals surface area contributed by atoms with Crippen molar-refractivity contribution in [3.63, 3.8) is 0 Å². The first-order valence-electron chi connectivity index (χ1n) is 12.3. The van der Waals surface area contributed by atoms with Gasteiger partial charge in [-0.2, -0.15) is 5.10 Å². The molecule has 0 aliphatic carbocycles. The molecule has 0 bridgehead atoms. The van der Waals surface area contributed by atoms with Gasteiger partial charge in [-0.05, 0) is 36.8 Å². The van der Waals surface area contributed by atoms with Gasteiger partial charge in [0.1, 0.15) is 5.69 Å². The van der Waals surface area contributed by atoms with Crippen molar-refractivity contribution in [2.24, 2.45) is 0 Å². The number of unbranched alkanes of at least 4 members (excludes halogenated alkanes) is 1.